The number of anilines is 1. The summed E-state index contributed by atoms with van der Waals surface area (Å²) in [6, 6.07) is 2.08. The highest BCUT2D eigenvalue weighted by Crippen LogP contribution is 2.22. The zero-order valence-electron chi connectivity index (χ0n) is 7.73. The molecule has 0 radical (unpaired) electrons. The Morgan fingerprint density at radius 3 is 3.00 bits per heavy atom. The number of nitrogens with two attached hydrogens (primary N) is 1. The molecule has 0 aliphatic carbocycles. The topological polar surface area (TPSA) is 80.5 Å². The van der Waals surface area contributed by atoms with Crippen molar-refractivity contribution in [2.24, 2.45) is 0 Å². The summed E-state index contributed by atoms with van der Waals surface area (Å²) in [5.41, 5.74) is 6.93. The molecule has 2 rings (SSSR count). The van der Waals surface area contributed by atoms with Gasteiger partial charge in [0.15, 0.2) is 0 Å². The van der Waals surface area contributed by atoms with Gasteiger partial charge in [0, 0.05) is 12.7 Å². The van der Waals surface area contributed by atoms with Gasteiger partial charge in [-0.15, -0.1) is 0 Å². The van der Waals surface area contributed by atoms with Crippen LogP contribution in [0, 0.1) is 11.3 Å². The second-order valence-corrected chi connectivity index (χ2v) is 2.90. The predicted molar refractivity (Wildman–Crippen MR) is 52.3 cm³/mol. The molecule has 0 unspecified atom stereocenters. The first kappa shape index (κ1) is 8.51. The minimum absolute atomic E-state index is 0.360. The zero-order chi connectivity index (χ0) is 10.1. The molecule has 0 saturated heterocycles. The Labute approximate surface area is 80.8 Å². The van der Waals surface area contributed by atoms with Crippen LogP contribution in [0.15, 0.2) is 12.5 Å². The molecule has 2 aromatic heterocycles. The van der Waals surface area contributed by atoms with E-state index in [1.54, 1.807) is 6.20 Å². The van der Waals surface area contributed by atoms with Crippen molar-refractivity contribution in [3.63, 3.8) is 0 Å². The van der Waals surface area contributed by atoms with Gasteiger partial charge in [0.05, 0.1) is 10.9 Å². The lowest BCUT2D eigenvalue weighted by Gasteiger charge is -1.98. The molecular weight excluding hydrogens is 178 g/mol. The molecule has 0 fully saturated rings. The molecule has 0 bridgehead atoms. The summed E-state index contributed by atoms with van der Waals surface area (Å²) in [6.45, 7) is 2.74. The fourth-order valence-corrected chi connectivity index (χ4v) is 1.47. The molecule has 5 nitrogen and oxygen atoms in total. The van der Waals surface area contributed by atoms with Crippen molar-refractivity contribution in [3.05, 3.63) is 18.1 Å². The minimum Gasteiger partial charge on any atom is -0.383 e. The van der Waals surface area contributed by atoms with E-state index in [9.17, 15) is 0 Å². The van der Waals surface area contributed by atoms with E-state index in [-0.39, 0.29) is 0 Å². The number of fused-ring (bicyclic) bond motifs is 1. The largest absolute Gasteiger partial charge is 0.383 e. The lowest BCUT2D eigenvalue weighted by atomic mass is 10.2. The van der Waals surface area contributed by atoms with E-state index in [0.29, 0.717) is 16.8 Å². The van der Waals surface area contributed by atoms with Crippen LogP contribution < -0.4 is 5.73 Å². The Hall–Kier alpha value is -2.09. The Bertz CT molecular complexity index is 520. The second kappa shape index (κ2) is 3.00. The number of nitriles is 1. The van der Waals surface area contributed by atoms with E-state index in [1.807, 2.05) is 11.5 Å². The lowest BCUT2D eigenvalue weighted by Crippen LogP contribution is -1.96. The van der Waals surface area contributed by atoms with E-state index in [2.05, 4.69) is 16.0 Å². The summed E-state index contributed by atoms with van der Waals surface area (Å²) >= 11 is 0. The van der Waals surface area contributed by atoms with Gasteiger partial charge in [-0.3, -0.25) is 0 Å². The van der Waals surface area contributed by atoms with Gasteiger partial charge in [-0.1, -0.05) is 0 Å². The number of hydrogen-bond donors (Lipinski definition) is 1. The summed E-state index contributed by atoms with van der Waals surface area (Å²) in [7, 11) is 0. The highest BCUT2D eigenvalue weighted by atomic mass is 15.1. The van der Waals surface area contributed by atoms with Crippen LogP contribution in [0.25, 0.3) is 11.0 Å². The molecule has 0 atom stereocenters. The quantitative estimate of drug-likeness (QED) is 0.719. The van der Waals surface area contributed by atoms with Crippen molar-refractivity contribution in [3.8, 4) is 6.07 Å². The van der Waals surface area contributed by atoms with E-state index in [0.717, 1.165) is 12.2 Å². The number of aromatic nitrogens is 3. The third-order valence-electron chi connectivity index (χ3n) is 2.14. The van der Waals surface area contributed by atoms with Gasteiger partial charge in [0.25, 0.3) is 0 Å². The van der Waals surface area contributed by atoms with Crippen molar-refractivity contribution >= 4 is 16.9 Å². The van der Waals surface area contributed by atoms with Crippen molar-refractivity contribution < 1.29 is 0 Å². The van der Waals surface area contributed by atoms with Crippen LogP contribution in [-0.2, 0) is 6.54 Å². The fourth-order valence-electron chi connectivity index (χ4n) is 1.47. The Kier molecular flexibility index (Phi) is 1.82. The van der Waals surface area contributed by atoms with Gasteiger partial charge in [0.2, 0.25) is 0 Å². The minimum atomic E-state index is 0.360. The van der Waals surface area contributed by atoms with Gasteiger partial charge in [-0.2, -0.15) is 5.26 Å². The molecule has 0 aliphatic heterocycles. The van der Waals surface area contributed by atoms with Crippen LogP contribution in [0.4, 0.5) is 5.82 Å². The number of nitrogen functional groups attached to an aromatic ring is 1. The van der Waals surface area contributed by atoms with Crippen molar-refractivity contribution in [2.75, 3.05) is 5.73 Å². The summed E-state index contributed by atoms with van der Waals surface area (Å²) in [5.74, 6) is 0.360. The van der Waals surface area contributed by atoms with E-state index in [1.165, 1.54) is 6.33 Å². The zero-order valence-corrected chi connectivity index (χ0v) is 7.73. The SMILES string of the molecule is CCn1cc(C#N)c2c(N)ncnc21. The summed E-state index contributed by atoms with van der Waals surface area (Å²) in [5, 5.41) is 9.54. The smallest absolute Gasteiger partial charge is 0.146 e. The molecule has 2 heterocycles. The Balaban J connectivity index is 2.91. The Morgan fingerprint density at radius 2 is 2.36 bits per heavy atom. The first-order valence-corrected chi connectivity index (χ1v) is 4.27. The lowest BCUT2D eigenvalue weighted by molar-refractivity contribution is 0.786. The molecule has 0 aliphatic rings. The third-order valence-corrected chi connectivity index (χ3v) is 2.14. The Morgan fingerprint density at radius 1 is 1.57 bits per heavy atom. The summed E-state index contributed by atoms with van der Waals surface area (Å²) in [6.07, 6.45) is 3.15. The standard InChI is InChI=1S/C9H9N5/c1-2-14-4-6(3-10)7-8(11)12-5-13-9(7)14/h4-5H,2H2,1H3,(H2,11,12,13). The van der Waals surface area contributed by atoms with Crippen LogP contribution in [0.2, 0.25) is 0 Å². The molecule has 14 heavy (non-hydrogen) atoms. The normalized spacial score (nSPS) is 10.3. The average molecular weight is 187 g/mol. The van der Waals surface area contributed by atoms with Gasteiger partial charge >= 0.3 is 0 Å². The first-order valence-electron chi connectivity index (χ1n) is 4.27. The molecule has 0 amide bonds. The van der Waals surface area contributed by atoms with Gasteiger partial charge in [-0.05, 0) is 6.92 Å². The number of hydrogen-bond acceptors (Lipinski definition) is 4. The second-order valence-electron chi connectivity index (χ2n) is 2.90. The molecule has 2 N–H and O–H groups in total. The van der Waals surface area contributed by atoms with Crippen LogP contribution >= 0.6 is 0 Å². The molecule has 5 heteroatoms. The molecular formula is C9H9N5. The fraction of sp³-hybridized carbons (Fsp3) is 0.222. The summed E-state index contributed by atoms with van der Waals surface area (Å²) in [4.78, 5) is 7.97. The molecule has 2 aromatic rings. The highest BCUT2D eigenvalue weighted by molar-refractivity contribution is 5.91. The third kappa shape index (κ3) is 1.01. The molecule has 0 saturated carbocycles. The molecule has 70 valence electrons. The monoisotopic (exact) mass is 187 g/mol. The van der Waals surface area contributed by atoms with Crippen molar-refractivity contribution in [1.29, 1.82) is 5.26 Å². The summed E-state index contributed by atoms with van der Waals surface area (Å²) < 4.78 is 1.88. The number of nitrogens with zero attached hydrogens (tertiary/aromatic N) is 4. The first-order chi connectivity index (χ1) is 6.77. The van der Waals surface area contributed by atoms with E-state index < -0.39 is 0 Å². The van der Waals surface area contributed by atoms with Crippen molar-refractivity contribution in [1.82, 2.24) is 14.5 Å². The van der Waals surface area contributed by atoms with Crippen LogP contribution in [0.5, 0.6) is 0 Å². The predicted octanol–water partition coefficient (Wildman–Crippen LogP) is 0.905. The maximum atomic E-state index is 8.89. The maximum Gasteiger partial charge on any atom is 0.146 e. The highest BCUT2D eigenvalue weighted by Gasteiger charge is 2.11. The molecule has 0 aromatic carbocycles. The number of rotatable bonds is 1. The van der Waals surface area contributed by atoms with Gasteiger partial charge in [0.1, 0.15) is 23.9 Å². The van der Waals surface area contributed by atoms with Gasteiger partial charge < -0.3 is 10.3 Å². The van der Waals surface area contributed by atoms with E-state index >= 15 is 0 Å². The van der Waals surface area contributed by atoms with Crippen LogP contribution in [-0.4, -0.2) is 14.5 Å². The molecule has 0 spiro atoms. The van der Waals surface area contributed by atoms with Crippen LogP contribution in [0.3, 0.4) is 0 Å². The average Bonchev–Trinajstić information content (AvgIpc) is 2.57. The van der Waals surface area contributed by atoms with Crippen LogP contribution in [0.1, 0.15) is 12.5 Å². The van der Waals surface area contributed by atoms with Crippen molar-refractivity contribution in [2.45, 2.75) is 13.5 Å². The van der Waals surface area contributed by atoms with Gasteiger partial charge in [-0.25, -0.2) is 9.97 Å². The number of aryl methyl sites for hydroxylation is 1. The maximum absolute atomic E-state index is 8.89. The van der Waals surface area contributed by atoms with E-state index in [4.69, 9.17) is 11.0 Å².